The molecule has 0 aliphatic carbocycles. The Morgan fingerprint density at radius 3 is 2.28 bits per heavy atom. The van der Waals surface area contributed by atoms with Crippen molar-refractivity contribution in [2.75, 3.05) is 36.4 Å². The van der Waals surface area contributed by atoms with Crippen molar-refractivity contribution in [1.82, 2.24) is 4.31 Å². The molecule has 0 bridgehead atoms. The minimum atomic E-state index is -3.72. The van der Waals surface area contributed by atoms with Crippen LogP contribution in [-0.4, -0.2) is 44.8 Å². The zero-order valence-corrected chi connectivity index (χ0v) is 19.2. The van der Waals surface area contributed by atoms with Crippen LogP contribution >= 0.6 is 0 Å². The van der Waals surface area contributed by atoms with E-state index in [4.69, 9.17) is 4.74 Å². The second-order valence-electron chi connectivity index (χ2n) is 8.88. The fourth-order valence-corrected chi connectivity index (χ4v) is 6.52. The molecule has 0 unspecified atom stereocenters. The average molecular weight is 456 g/mol. The molecular formula is C24H29N3O4S. The SMILES string of the molecule is Cc1ccc2c(c1)NC(=O)c1cc(S(=O)(=O)N3CCCC3)c(N3CCCCCC3)cc1O2. The second kappa shape index (κ2) is 8.41. The summed E-state index contributed by atoms with van der Waals surface area (Å²) in [7, 11) is -3.72. The highest BCUT2D eigenvalue weighted by Gasteiger charge is 2.34. The number of nitrogens with one attached hydrogen (secondary N) is 1. The topological polar surface area (TPSA) is 79.0 Å². The normalized spacial score (nSPS) is 19.4. The molecule has 2 saturated heterocycles. The number of anilines is 2. The highest BCUT2D eigenvalue weighted by atomic mass is 32.2. The van der Waals surface area contributed by atoms with Crippen LogP contribution in [-0.2, 0) is 10.0 Å². The van der Waals surface area contributed by atoms with Crippen molar-refractivity contribution in [3.05, 3.63) is 41.5 Å². The maximum atomic E-state index is 13.7. The van der Waals surface area contributed by atoms with Crippen LogP contribution in [0.25, 0.3) is 0 Å². The van der Waals surface area contributed by atoms with Gasteiger partial charge in [-0.25, -0.2) is 8.42 Å². The molecule has 0 spiro atoms. The molecule has 0 atom stereocenters. The molecule has 5 rings (SSSR count). The maximum Gasteiger partial charge on any atom is 0.259 e. The van der Waals surface area contributed by atoms with Crippen LogP contribution in [0.1, 0.15) is 54.4 Å². The Labute approximate surface area is 189 Å². The van der Waals surface area contributed by atoms with E-state index in [1.807, 2.05) is 25.1 Å². The molecule has 1 amide bonds. The van der Waals surface area contributed by atoms with Gasteiger partial charge in [0.2, 0.25) is 10.0 Å². The number of sulfonamides is 1. The van der Waals surface area contributed by atoms with Crippen molar-refractivity contribution in [3.8, 4) is 11.5 Å². The molecule has 3 aliphatic heterocycles. The largest absolute Gasteiger partial charge is 0.454 e. The van der Waals surface area contributed by atoms with Gasteiger partial charge in [0.05, 0.1) is 16.9 Å². The zero-order chi connectivity index (χ0) is 22.3. The number of aryl methyl sites for hydroxylation is 1. The summed E-state index contributed by atoms with van der Waals surface area (Å²) in [6.45, 7) is 4.58. The van der Waals surface area contributed by atoms with Crippen LogP contribution < -0.4 is 15.0 Å². The summed E-state index contributed by atoms with van der Waals surface area (Å²) in [5, 5.41) is 2.89. The smallest absolute Gasteiger partial charge is 0.259 e. The highest BCUT2D eigenvalue weighted by molar-refractivity contribution is 7.89. The van der Waals surface area contributed by atoms with E-state index < -0.39 is 10.0 Å². The fraction of sp³-hybridized carbons (Fsp3) is 0.458. The van der Waals surface area contributed by atoms with Crippen molar-refractivity contribution >= 4 is 27.3 Å². The Kier molecular flexibility index (Phi) is 5.59. The monoisotopic (exact) mass is 455 g/mol. The summed E-state index contributed by atoms with van der Waals surface area (Å²) in [6.07, 6.45) is 6.04. The van der Waals surface area contributed by atoms with E-state index in [-0.39, 0.29) is 16.4 Å². The molecular weight excluding hydrogens is 426 g/mol. The summed E-state index contributed by atoms with van der Waals surface area (Å²) in [4.78, 5) is 15.5. The van der Waals surface area contributed by atoms with E-state index in [2.05, 4.69) is 10.2 Å². The van der Waals surface area contributed by atoms with Gasteiger partial charge in [-0.1, -0.05) is 18.9 Å². The Bertz CT molecular complexity index is 1150. The first-order valence-electron chi connectivity index (χ1n) is 11.5. The van der Waals surface area contributed by atoms with Gasteiger partial charge in [-0.05, 0) is 56.4 Å². The van der Waals surface area contributed by atoms with Crippen molar-refractivity contribution < 1.29 is 17.9 Å². The molecule has 2 aromatic carbocycles. The summed E-state index contributed by atoms with van der Waals surface area (Å²) in [5.74, 6) is 0.592. The van der Waals surface area contributed by atoms with Crippen molar-refractivity contribution in [3.63, 3.8) is 0 Å². The minimum Gasteiger partial charge on any atom is -0.454 e. The number of benzene rings is 2. The molecule has 0 saturated carbocycles. The standard InChI is InChI=1S/C24H29N3O4S/c1-17-8-9-21-19(14-17)25-24(28)18-15-23(32(29,30)27-12-6-7-13-27)20(16-22(18)31-21)26-10-4-2-3-5-11-26/h8-9,14-16H,2-7,10-13H2,1H3,(H,25,28). The number of carbonyl (C=O) groups excluding carboxylic acids is 1. The van der Waals surface area contributed by atoms with Gasteiger partial charge in [-0.15, -0.1) is 0 Å². The van der Waals surface area contributed by atoms with E-state index >= 15 is 0 Å². The summed E-state index contributed by atoms with van der Waals surface area (Å²) in [6, 6.07) is 8.91. The number of hydrogen-bond acceptors (Lipinski definition) is 5. The first-order chi connectivity index (χ1) is 15.4. The highest BCUT2D eigenvalue weighted by Crippen LogP contribution is 2.42. The lowest BCUT2D eigenvalue weighted by Crippen LogP contribution is -2.32. The average Bonchev–Trinajstić information content (AvgIpc) is 3.13. The molecule has 7 nitrogen and oxygen atoms in total. The molecule has 0 radical (unpaired) electrons. The van der Waals surface area contributed by atoms with Crippen LogP contribution in [0.5, 0.6) is 11.5 Å². The number of hydrogen-bond donors (Lipinski definition) is 1. The minimum absolute atomic E-state index is 0.209. The number of nitrogens with zero attached hydrogens (tertiary/aromatic N) is 2. The molecule has 170 valence electrons. The van der Waals surface area contributed by atoms with E-state index in [0.29, 0.717) is 36.0 Å². The van der Waals surface area contributed by atoms with Crippen molar-refractivity contribution in [2.45, 2.75) is 50.3 Å². The first kappa shape index (κ1) is 21.3. The molecule has 3 heterocycles. The third-order valence-electron chi connectivity index (χ3n) is 6.54. The van der Waals surface area contributed by atoms with Crippen molar-refractivity contribution in [1.29, 1.82) is 0 Å². The van der Waals surface area contributed by atoms with E-state index in [1.54, 1.807) is 10.4 Å². The van der Waals surface area contributed by atoms with Gasteiger partial charge in [0, 0.05) is 32.2 Å². The molecule has 2 fully saturated rings. The fourth-order valence-electron chi connectivity index (χ4n) is 4.78. The van der Waals surface area contributed by atoms with E-state index in [1.165, 1.54) is 6.07 Å². The van der Waals surface area contributed by atoms with Crippen LogP contribution in [0.3, 0.4) is 0 Å². The van der Waals surface area contributed by atoms with Gasteiger partial charge in [-0.3, -0.25) is 4.79 Å². The number of fused-ring (bicyclic) bond motifs is 2. The van der Waals surface area contributed by atoms with Crippen LogP contribution in [0.2, 0.25) is 0 Å². The molecule has 3 aliphatic rings. The number of carbonyl (C=O) groups is 1. The molecule has 8 heteroatoms. The third-order valence-corrected chi connectivity index (χ3v) is 8.47. The molecule has 1 N–H and O–H groups in total. The third kappa shape index (κ3) is 3.86. The molecule has 2 aromatic rings. The number of rotatable bonds is 3. The Morgan fingerprint density at radius 1 is 0.875 bits per heavy atom. The first-order valence-corrected chi connectivity index (χ1v) is 12.9. The Balaban J connectivity index is 1.66. The number of amides is 1. The van der Waals surface area contributed by atoms with Crippen LogP contribution in [0, 0.1) is 6.92 Å². The summed E-state index contributed by atoms with van der Waals surface area (Å²) in [5.41, 5.74) is 2.48. The van der Waals surface area contributed by atoms with Gasteiger partial charge >= 0.3 is 0 Å². The lowest BCUT2D eigenvalue weighted by atomic mass is 10.1. The number of ether oxygens (including phenoxy) is 1. The van der Waals surface area contributed by atoms with Gasteiger partial charge < -0.3 is 15.0 Å². The quantitative estimate of drug-likeness (QED) is 0.736. The predicted octanol–water partition coefficient (Wildman–Crippen LogP) is 4.52. The second-order valence-corrected chi connectivity index (χ2v) is 10.8. The van der Waals surface area contributed by atoms with Gasteiger partial charge in [0.1, 0.15) is 10.6 Å². The van der Waals surface area contributed by atoms with Crippen LogP contribution in [0.4, 0.5) is 11.4 Å². The van der Waals surface area contributed by atoms with Gasteiger partial charge in [-0.2, -0.15) is 4.31 Å². The maximum absolute atomic E-state index is 13.7. The lowest BCUT2D eigenvalue weighted by molar-refractivity contribution is 0.102. The summed E-state index contributed by atoms with van der Waals surface area (Å²) < 4.78 is 35.0. The Morgan fingerprint density at radius 2 is 1.56 bits per heavy atom. The predicted molar refractivity (Wildman–Crippen MR) is 124 cm³/mol. The van der Waals surface area contributed by atoms with E-state index in [9.17, 15) is 13.2 Å². The lowest BCUT2D eigenvalue weighted by Gasteiger charge is -2.28. The molecule has 32 heavy (non-hydrogen) atoms. The summed E-state index contributed by atoms with van der Waals surface area (Å²) >= 11 is 0. The van der Waals surface area contributed by atoms with Gasteiger partial charge in [0.15, 0.2) is 5.75 Å². The zero-order valence-electron chi connectivity index (χ0n) is 18.4. The Hall–Kier alpha value is -2.58. The van der Waals surface area contributed by atoms with Gasteiger partial charge in [0.25, 0.3) is 5.91 Å². The van der Waals surface area contributed by atoms with Crippen molar-refractivity contribution in [2.24, 2.45) is 0 Å². The molecule has 0 aromatic heterocycles. The van der Waals surface area contributed by atoms with Crippen LogP contribution in [0.15, 0.2) is 35.2 Å². The van der Waals surface area contributed by atoms with E-state index in [0.717, 1.165) is 57.2 Å².